The molecule has 0 radical (unpaired) electrons. The largest absolute Gasteiger partial charge is 0.481 e. The topological polar surface area (TPSA) is 57.6 Å². The third-order valence-corrected chi connectivity index (χ3v) is 4.63. The minimum absolute atomic E-state index is 0.00456. The molecule has 1 heterocycles. The number of benzene rings is 1. The molecule has 0 aromatic heterocycles. The molecule has 114 valence electrons. The molecule has 1 amide bonds. The van der Waals surface area contributed by atoms with Gasteiger partial charge in [0.1, 0.15) is 0 Å². The number of piperidine rings is 1. The molecule has 1 aliphatic heterocycles. The van der Waals surface area contributed by atoms with Crippen LogP contribution >= 0.6 is 27.5 Å². The van der Waals surface area contributed by atoms with Crippen LogP contribution in [0.4, 0.5) is 0 Å². The number of carboxylic acids is 1. The van der Waals surface area contributed by atoms with Gasteiger partial charge >= 0.3 is 5.97 Å². The number of hydrogen-bond acceptors (Lipinski definition) is 2. The van der Waals surface area contributed by atoms with Crippen molar-refractivity contribution in [2.24, 2.45) is 0 Å². The van der Waals surface area contributed by atoms with Crippen molar-refractivity contribution in [1.29, 1.82) is 0 Å². The molecule has 1 aliphatic rings. The molecule has 4 nitrogen and oxygen atoms in total. The van der Waals surface area contributed by atoms with Gasteiger partial charge < -0.3 is 10.0 Å². The zero-order chi connectivity index (χ0) is 15.4. The van der Waals surface area contributed by atoms with Crippen LogP contribution in [0.25, 0.3) is 0 Å². The first-order chi connectivity index (χ1) is 9.99. The van der Waals surface area contributed by atoms with Gasteiger partial charge in [0, 0.05) is 28.5 Å². The Hall–Kier alpha value is -1.07. The van der Waals surface area contributed by atoms with Gasteiger partial charge in [-0.2, -0.15) is 0 Å². The van der Waals surface area contributed by atoms with Crippen molar-refractivity contribution < 1.29 is 14.7 Å². The lowest BCUT2D eigenvalue weighted by Gasteiger charge is -2.36. The predicted molar refractivity (Wildman–Crippen MR) is 84.7 cm³/mol. The van der Waals surface area contributed by atoms with Crippen LogP contribution in [0.15, 0.2) is 22.7 Å². The fourth-order valence-corrected chi connectivity index (χ4v) is 3.53. The normalized spacial score (nSPS) is 18.6. The molecule has 6 heteroatoms. The smallest absolute Gasteiger partial charge is 0.303 e. The summed E-state index contributed by atoms with van der Waals surface area (Å²) in [6.07, 6.45) is 3.46. The third-order valence-electron chi connectivity index (χ3n) is 3.74. The Morgan fingerprint density at radius 2 is 2.14 bits per heavy atom. The molecule has 1 N–H and O–H groups in total. The SMILES string of the molecule is O=C(O)CCC1CCCCN1C(=O)c1ccc(Cl)cc1Br. The molecule has 1 unspecified atom stereocenters. The number of aliphatic carboxylic acids is 1. The van der Waals surface area contributed by atoms with Gasteiger partial charge in [-0.3, -0.25) is 9.59 Å². The first-order valence-corrected chi connectivity index (χ1v) is 8.14. The fraction of sp³-hybridized carbons (Fsp3) is 0.467. The van der Waals surface area contributed by atoms with Crippen molar-refractivity contribution in [2.75, 3.05) is 6.54 Å². The summed E-state index contributed by atoms with van der Waals surface area (Å²) in [5.74, 6) is -0.880. The van der Waals surface area contributed by atoms with Gasteiger partial charge in [0.25, 0.3) is 5.91 Å². The van der Waals surface area contributed by atoms with Crippen molar-refractivity contribution >= 4 is 39.4 Å². The first kappa shape index (κ1) is 16.3. The number of likely N-dealkylation sites (tertiary alicyclic amines) is 1. The Labute approximate surface area is 137 Å². The molecule has 1 atom stereocenters. The van der Waals surface area contributed by atoms with Gasteiger partial charge in [0.2, 0.25) is 0 Å². The number of rotatable bonds is 4. The minimum atomic E-state index is -0.819. The van der Waals surface area contributed by atoms with E-state index in [0.29, 0.717) is 28.0 Å². The maximum atomic E-state index is 12.7. The second-order valence-electron chi connectivity index (χ2n) is 5.20. The van der Waals surface area contributed by atoms with E-state index < -0.39 is 5.97 Å². The van der Waals surface area contributed by atoms with Crippen molar-refractivity contribution in [3.8, 4) is 0 Å². The maximum absolute atomic E-state index is 12.7. The van der Waals surface area contributed by atoms with Gasteiger partial charge in [-0.05, 0) is 59.8 Å². The Balaban J connectivity index is 2.16. The Morgan fingerprint density at radius 3 is 2.81 bits per heavy atom. The second-order valence-corrected chi connectivity index (χ2v) is 6.50. The highest BCUT2D eigenvalue weighted by Gasteiger charge is 2.28. The summed E-state index contributed by atoms with van der Waals surface area (Å²) in [7, 11) is 0. The fourth-order valence-electron chi connectivity index (χ4n) is 2.68. The molecular formula is C15H17BrClNO3. The van der Waals surface area contributed by atoms with Crippen LogP contribution in [0.3, 0.4) is 0 Å². The molecule has 0 spiro atoms. The van der Waals surface area contributed by atoms with Gasteiger partial charge in [-0.15, -0.1) is 0 Å². The summed E-state index contributed by atoms with van der Waals surface area (Å²) in [6, 6.07) is 5.10. The number of halogens is 2. The summed E-state index contributed by atoms with van der Waals surface area (Å²) in [5.41, 5.74) is 0.571. The molecule has 0 bridgehead atoms. The zero-order valence-corrected chi connectivity index (χ0v) is 13.9. The molecule has 2 rings (SSSR count). The molecule has 21 heavy (non-hydrogen) atoms. The van der Waals surface area contributed by atoms with Crippen molar-refractivity contribution in [2.45, 2.75) is 38.1 Å². The van der Waals surface area contributed by atoms with E-state index in [1.807, 2.05) is 0 Å². The predicted octanol–water partition coefficient (Wildman–Crippen LogP) is 3.96. The van der Waals surface area contributed by atoms with Crippen LogP contribution in [0.5, 0.6) is 0 Å². The number of carbonyl (C=O) groups is 2. The Bertz CT molecular complexity index is 550. The van der Waals surface area contributed by atoms with Gasteiger partial charge in [-0.25, -0.2) is 0 Å². The Kier molecular flexibility index (Phi) is 5.65. The number of amides is 1. The summed E-state index contributed by atoms with van der Waals surface area (Å²) in [5, 5.41) is 9.40. The summed E-state index contributed by atoms with van der Waals surface area (Å²) in [4.78, 5) is 25.3. The van der Waals surface area contributed by atoms with Crippen LogP contribution in [0.2, 0.25) is 5.02 Å². The van der Waals surface area contributed by atoms with E-state index in [9.17, 15) is 9.59 Å². The highest BCUT2D eigenvalue weighted by Crippen LogP contribution is 2.27. The van der Waals surface area contributed by atoms with Crippen LogP contribution in [0.1, 0.15) is 42.5 Å². The average molecular weight is 375 g/mol. The maximum Gasteiger partial charge on any atom is 0.303 e. The molecular weight excluding hydrogens is 358 g/mol. The number of hydrogen-bond donors (Lipinski definition) is 1. The lowest BCUT2D eigenvalue weighted by atomic mass is 9.97. The second kappa shape index (κ2) is 7.27. The number of nitrogens with zero attached hydrogens (tertiary/aromatic N) is 1. The van der Waals surface area contributed by atoms with E-state index in [1.165, 1.54) is 0 Å². The van der Waals surface area contributed by atoms with Crippen molar-refractivity contribution in [3.63, 3.8) is 0 Å². The van der Waals surface area contributed by atoms with Gasteiger partial charge in [-0.1, -0.05) is 11.6 Å². The lowest BCUT2D eigenvalue weighted by molar-refractivity contribution is -0.137. The molecule has 0 saturated carbocycles. The van der Waals surface area contributed by atoms with Crippen LogP contribution in [0, 0.1) is 0 Å². The number of carbonyl (C=O) groups excluding carboxylic acids is 1. The molecule has 0 aliphatic carbocycles. The first-order valence-electron chi connectivity index (χ1n) is 6.97. The highest BCUT2D eigenvalue weighted by molar-refractivity contribution is 9.10. The van der Waals surface area contributed by atoms with E-state index in [1.54, 1.807) is 23.1 Å². The Morgan fingerprint density at radius 1 is 1.38 bits per heavy atom. The zero-order valence-electron chi connectivity index (χ0n) is 11.5. The van der Waals surface area contributed by atoms with Crippen LogP contribution in [-0.2, 0) is 4.79 Å². The van der Waals surface area contributed by atoms with Crippen LogP contribution < -0.4 is 0 Å². The van der Waals surface area contributed by atoms with E-state index in [-0.39, 0.29) is 18.4 Å². The number of carboxylic acid groups (broad SMARTS) is 1. The summed E-state index contributed by atoms with van der Waals surface area (Å²) < 4.78 is 0.669. The standard InChI is InChI=1S/C15H17BrClNO3/c16-13-9-10(17)4-6-12(13)15(21)18-8-2-1-3-11(18)5-7-14(19)20/h4,6,9,11H,1-3,5,7-8H2,(H,19,20). The van der Waals surface area contributed by atoms with E-state index in [0.717, 1.165) is 19.3 Å². The molecule has 1 aromatic carbocycles. The third kappa shape index (κ3) is 4.20. The van der Waals surface area contributed by atoms with E-state index in [4.69, 9.17) is 16.7 Å². The van der Waals surface area contributed by atoms with E-state index >= 15 is 0 Å². The molecule has 1 aromatic rings. The highest BCUT2D eigenvalue weighted by atomic mass is 79.9. The average Bonchev–Trinajstić information content (AvgIpc) is 2.45. The summed E-state index contributed by atoms with van der Waals surface area (Å²) >= 11 is 9.27. The lowest BCUT2D eigenvalue weighted by Crippen LogP contribution is -2.44. The summed E-state index contributed by atoms with van der Waals surface area (Å²) in [6.45, 7) is 0.679. The van der Waals surface area contributed by atoms with Crippen LogP contribution in [-0.4, -0.2) is 34.5 Å². The quantitative estimate of drug-likeness (QED) is 0.868. The monoisotopic (exact) mass is 373 g/mol. The van der Waals surface area contributed by atoms with Crippen molar-refractivity contribution in [3.05, 3.63) is 33.3 Å². The molecule has 1 fully saturated rings. The minimum Gasteiger partial charge on any atom is -0.481 e. The van der Waals surface area contributed by atoms with Gasteiger partial charge in [0.15, 0.2) is 0 Å². The molecule has 1 saturated heterocycles. The van der Waals surface area contributed by atoms with Gasteiger partial charge in [0.05, 0.1) is 5.56 Å². The van der Waals surface area contributed by atoms with E-state index in [2.05, 4.69) is 15.9 Å². The van der Waals surface area contributed by atoms with Crippen molar-refractivity contribution in [1.82, 2.24) is 4.90 Å².